The summed E-state index contributed by atoms with van der Waals surface area (Å²) in [5, 5.41) is 1.05. The van der Waals surface area contributed by atoms with Gasteiger partial charge in [-0.05, 0) is 23.8 Å². The Bertz CT molecular complexity index is 344. The van der Waals surface area contributed by atoms with Crippen molar-refractivity contribution in [3.05, 3.63) is 11.6 Å². The van der Waals surface area contributed by atoms with Gasteiger partial charge in [0.15, 0.2) is 0 Å². The average Bonchev–Trinajstić information content (AvgIpc) is 2.75. The lowest BCUT2D eigenvalue weighted by Gasteiger charge is -2.17. The molecule has 0 aromatic heterocycles. The van der Waals surface area contributed by atoms with E-state index in [9.17, 15) is 18.0 Å². The second-order valence-electron chi connectivity index (χ2n) is 4.49. The van der Waals surface area contributed by atoms with Crippen LogP contribution in [0.25, 0.3) is 0 Å². The molecule has 6 heteroatoms. The van der Waals surface area contributed by atoms with Crippen LogP contribution in [0.15, 0.2) is 11.6 Å². The zero-order valence-corrected chi connectivity index (χ0v) is 8.80. The molecule has 1 aliphatic heterocycles. The maximum atomic E-state index is 11.9. The van der Waals surface area contributed by atoms with Crippen LogP contribution in [0, 0.1) is 5.41 Å². The van der Waals surface area contributed by atoms with Crippen molar-refractivity contribution in [2.75, 3.05) is 13.1 Å². The number of hydroxylamine groups is 2. The van der Waals surface area contributed by atoms with Gasteiger partial charge in [-0.1, -0.05) is 13.0 Å². The van der Waals surface area contributed by atoms with Crippen molar-refractivity contribution in [1.29, 1.82) is 0 Å². The second kappa shape index (κ2) is 3.48. The normalized spacial score (nSPS) is 24.1. The summed E-state index contributed by atoms with van der Waals surface area (Å²) in [6.07, 6.45) is -0.970. The molecule has 0 aromatic rings. The highest BCUT2D eigenvalue weighted by Crippen LogP contribution is 2.52. The number of halogens is 3. The Morgan fingerprint density at radius 2 is 2.12 bits per heavy atom. The Balaban J connectivity index is 1.86. The van der Waals surface area contributed by atoms with Gasteiger partial charge in [0, 0.05) is 0 Å². The van der Waals surface area contributed by atoms with Gasteiger partial charge in [-0.15, -0.1) is 5.06 Å². The lowest BCUT2D eigenvalue weighted by atomic mass is 10.00. The summed E-state index contributed by atoms with van der Waals surface area (Å²) in [6.45, 7) is 2.60. The van der Waals surface area contributed by atoms with Crippen molar-refractivity contribution in [3.63, 3.8) is 0 Å². The average molecular weight is 235 g/mol. The molecule has 1 saturated carbocycles. The van der Waals surface area contributed by atoms with Gasteiger partial charge in [0.05, 0.1) is 13.1 Å². The lowest BCUT2D eigenvalue weighted by Crippen LogP contribution is -2.34. The molecule has 1 fully saturated rings. The van der Waals surface area contributed by atoms with Crippen molar-refractivity contribution >= 4 is 5.97 Å². The molecule has 2 rings (SSSR count). The predicted octanol–water partition coefficient (Wildman–Crippen LogP) is 2.05. The molecule has 3 nitrogen and oxygen atoms in total. The maximum Gasteiger partial charge on any atom is 0.492 e. The molecule has 0 radical (unpaired) electrons. The SMILES string of the molecule is CC1(C2=CCN(OC(=O)C(F)(F)F)C2)CC1. The van der Waals surface area contributed by atoms with Crippen molar-refractivity contribution in [1.82, 2.24) is 5.06 Å². The molecule has 1 heterocycles. The van der Waals surface area contributed by atoms with E-state index in [1.807, 2.05) is 6.08 Å². The van der Waals surface area contributed by atoms with Gasteiger partial charge in [-0.3, -0.25) is 0 Å². The Kier molecular flexibility index (Phi) is 2.49. The Hall–Kier alpha value is -1.04. The van der Waals surface area contributed by atoms with E-state index in [1.165, 1.54) is 0 Å². The third kappa shape index (κ3) is 2.21. The van der Waals surface area contributed by atoms with E-state index in [0.717, 1.165) is 23.5 Å². The van der Waals surface area contributed by atoms with Crippen LogP contribution < -0.4 is 0 Å². The molecule has 0 saturated heterocycles. The molecular formula is C10H12F3NO2. The van der Waals surface area contributed by atoms with Crippen molar-refractivity contribution in [2.45, 2.75) is 25.9 Å². The van der Waals surface area contributed by atoms with E-state index in [-0.39, 0.29) is 12.0 Å². The minimum absolute atomic E-state index is 0.124. The van der Waals surface area contributed by atoms with Crippen LogP contribution in [0.3, 0.4) is 0 Å². The molecule has 0 aromatic carbocycles. The highest BCUT2D eigenvalue weighted by atomic mass is 19.4. The molecule has 0 N–H and O–H groups in total. The fourth-order valence-electron chi connectivity index (χ4n) is 1.72. The highest BCUT2D eigenvalue weighted by molar-refractivity contribution is 5.75. The molecule has 0 spiro atoms. The Labute approximate surface area is 90.8 Å². The Morgan fingerprint density at radius 3 is 2.62 bits per heavy atom. The van der Waals surface area contributed by atoms with Gasteiger partial charge >= 0.3 is 12.1 Å². The fourth-order valence-corrected chi connectivity index (χ4v) is 1.72. The first-order valence-electron chi connectivity index (χ1n) is 5.05. The number of nitrogens with zero attached hydrogens (tertiary/aromatic N) is 1. The van der Waals surface area contributed by atoms with Gasteiger partial charge in [0.25, 0.3) is 0 Å². The monoisotopic (exact) mass is 235 g/mol. The van der Waals surface area contributed by atoms with E-state index in [0.29, 0.717) is 6.54 Å². The van der Waals surface area contributed by atoms with Crippen LogP contribution >= 0.6 is 0 Å². The van der Waals surface area contributed by atoms with Crippen LogP contribution in [0.1, 0.15) is 19.8 Å². The van der Waals surface area contributed by atoms with Crippen molar-refractivity contribution in [2.24, 2.45) is 5.41 Å². The molecule has 16 heavy (non-hydrogen) atoms. The first-order chi connectivity index (χ1) is 7.31. The van der Waals surface area contributed by atoms with Gasteiger partial charge in [0.1, 0.15) is 0 Å². The van der Waals surface area contributed by atoms with Crippen molar-refractivity contribution < 1.29 is 22.8 Å². The number of hydrogen-bond acceptors (Lipinski definition) is 3. The summed E-state index contributed by atoms with van der Waals surface area (Å²) < 4.78 is 35.8. The van der Waals surface area contributed by atoms with Crippen LogP contribution in [0.2, 0.25) is 0 Å². The number of alkyl halides is 3. The van der Waals surface area contributed by atoms with E-state index in [1.54, 1.807) is 0 Å². The number of carbonyl (C=O) groups is 1. The second-order valence-corrected chi connectivity index (χ2v) is 4.49. The smallest absolute Gasteiger partial charge is 0.360 e. The highest BCUT2D eigenvalue weighted by Gasteiger charge is 2.46. The standard InChI is InChI=1S/C10H12F3NO2/c1-9(3-4-9)7-2-5-14(6-7)16-8(15)10(11,12)13/h2H,3-6H2,1H3. The Morgan fingerprint density at radius 1 is 1.50 bits per heavy atom. The van der Waals surface area contributed by atoms with Crippen LogP contribution in [-0.2, 0) is 9.63 Å². The first kappa shape index (κ1) is 11.4. The van der Waals surface area contributed by atoms with Gasteiger partial charge in [0.2, 0.25) is 0 Å². The van der Waals surface area contributed by atoms with E-state index in [4.69, 9.17) is 0 Å². The topological polar surface area (TPSA) is 29.5 Å². The summed E-state index contributed by atoms with van der Waals surface area (Å²) in [4.78, 5) is 14.8. The van der Waals surface area contributed by atoms with Gasteiger partial charge in [-0.2, -0.15) is 13.2 Å². The molecule has 2 aliphatic rings. The van der Waals surface area contributed by atoms with Crippen molar-refractivity contribution in [3.8, 4) is 0 Å². The van der Waals surface area contributed by atoms with Crippen LogP contribution in [0.5, 0.6) is 0 Å². The summed E-state index contributed by atoms with van der Waals surface area (Å²) in [5.41, 5.74) is 1.20. The third-order valence-electron chi connectivity index (χ3n) is 3.11. The summed E-state index contributed by atoms with van der Waals surface area (Å²) >= 11 is 0. The number of hydrogen-bond donors (Lipinski definition) is 0. The fraction of sp³-hybridized carbons (Fsp3) is 0.700. The molecule has 0 bridgehead atoms. The number of carbonyl (C=O) groups excluding carboxylic acids is 1. The molecule has 0 unspecified atom stereocenters. The largest absolute Gasteiger partial charge is 0.492 e. The predicted molar refractivity (Wildman–Crippen MR) is 49.1 cm³/mol. The molecule has 1 aliphatic carbocycles. The van der Waals surface area contributed by atoms with Gasteiger partial charge < -0.3 is 4.84 Å². The van der Waals surface area contributed by atoms with E-state index in [2.05, 4.69) is 11.8 Å². The molecule has 0 atom stereocenters. The van der Waals surface area contributed by atoms with Crippen LogP contribution in [0.4, 0.5) is 13.2 Å². The summed E-state index contributed by atoms with van der Waals surface area (Å²) in [6, 6.07) is 0. The third-order valence-corrected chi connectivity index (χ3v) is 3.11. The maximum absolute atomic E-state index is 11.9. The zero-order valence-electron chi connectivity index (χ0n) is 8.80. The molecule has 90 valence electrons. The molecular weight excluding hydrogens is 223 g/mol. The number of rotatable bonds is 2. The zero-order chi connectivity index (χ0) is 12.0. The van der Waals surface area contributed by atoms with E-state index < -0.39 is 12.1 Å². The summed E-state index contributed by atoms with van der Waals surface area (Å²) in [7, 11) is 0. The van der Waals surface area contributed by atoms with Crippen LogP contribution in [-0.4, -0.2) is 30.3 Å². The van der Waals surface area contributed by atoms with E-state index >= 15 is 0 Å². The van der Waals surface area contributed by atoms with Gasteiger partial charge in [-0.25, -0.2) is 4.79 Å². The quantitative estimate of drug-likeness (QED) is 0.686. The molecule has 0 amide bonds. The lowest BCUT2D eigenvalue weighted by molar-refractivity contribution is -0.234. The minimum Gasteiger partial charge on any atom is -0.360 e. The first-order valence-corrected chi connectivity index (χ1v) is 5.05. The summed E-state index contributed by atoms with van der Waals surface area (Å²) in [5.74, 6) is -2.15. The minimum atomic E-state index is -4.92.